The number of hydrogen-bond acceptors (Lipinski definition) is 5. The molecule has 2 aliphatic heterocycles. The van der Waals surface area contributed by atoms with Gasteiger partial charge in [-0.15, -0.1) is 0 Å². The van der Waals surface area contributed by atoms with Gasteiger partial charge >= 0.3 is 0 Å². The fourth-order valence-corrected chi connectivity index (χ4v) is 4.25. The van der Waals surface area contributed by atoms with E-state index in [0.29, 0.717) is 16.2 Å². The minimum atomic E-state index is -0.355. The first-order valence-corrected chi connectivity index (χ1v) is 11.3. The number of carbonyl (C=O) groups is 2. The highest BCUT2D eigenvalue weighted by Gasteiger charge is 2.39. The Morgan fingerprint density at radius 1 is 1.00 bits per heavy atom. The smallest absolute Gasteiger partial charge is 0.278 e. The highest BCUT2D eigenvalue weighted by atomic mass is 35.5. The molecule has 0 radical (unpaired) electrons. The van der Waals surface area contributed by atoms with Crippen molar-refractivity contribution in [3.63, 3.8) is 0 Å². The van der Waals surface area contributed by atoms with E-state index < -0.39 is 0 Å². The molecule has 0 spiro atoms. The topological polar surface area (TPSA) is 61.9 Å². The molecule has 0 saturated carbocycles. The summed E-state index contributed by atoms with van der Waals surface area (Å²) >= 11 is 6.02. The Hall–Kier alpha value is -2.83. The molecule has 32 heavy (non-hydrogen) atoms. The van der Waals surface area contributed by atoms with Crippen molar-refractivity contribution in [2.75, 3.05) is 43.6 Å². The molecule has 168 valence electrons. The molecule has 0 unspecified atom stereocenters. The first kappa shape index (κ1) is 22.4. The van der Waals surface area contributed by atoms with E-state index >= 15 is 0 Å². The van der Waals surface area contributed by atoms with Crippen LogP contribution in [0.3, 0.4) is 0 Å². The van der Waals surface area contributed by atoms with E-state index in [4.69, 9.17) is 16.3 Å². The summed E-state index contributed by atoms with van der Waals surface area (Å²) in [6, 6.07) is 15.0. The monoisotopic (exact) mass is 453 g/mol. The minimum absolute atomic E-state index is 0.197. The molecule has 6 nitrogen and oxygen atoms in total. The molecule has 0 bridgehead atoms. The number of benzene rings is 2. The van der Waals surface area contributed by atoms with E-state index in [0.717, 1.165) is 24.7 Å². The predicted octanol–water partition coefficient (Wildman–Crippen LogP) is 4.41. The number of nitrogens with zero attached hydrogens (tertiary/aromatic N) is 2. The SMILES string of the molecule is COCCN1C(=O)C(Nc2ccc(N3CCC(C)CC3)cc2)=C(c2ccc(Cl)cc2)C1=O. The van der Waals surface area contributed by atoms with Gasteiger partial charge < -0.3 is 15.0 Å². The molecular formula is C25H28ClN3O3. The number of anilines is 2. The van der Waals surface area contributed by atoms with Gasteiger partial charge in [-0.2, -0.15) is 0 Å². The van der Waals surface area contributed by atoms with Gasteiger partial charge in [0.2, 0.25) is 0 Å². The van der Waals surface area contributed by atoms with Crippen LogP contribution in [0.15, 0.2) is 54.2 Å². The van der Waals surface area contributed by atoms with Crippen LogP contribution in [0.2, 0.25) is 5.02 Å². The van der Waals surface area contributed by atoms with Crippen LogP contribution in [0.25, 0.3) is 5.57 Å². The van der Waals surface area contributed by atoms with Gasteiger partial charge in [-0.3, -0.25) is 14.5 Å². The summed E-state index contributed by atoms with van der Waals surface area (Å²) in [4.78, 5) is 29.8. The fourth-order valence-electron chi connectivity index (χ4n) is 4.13. The second-order valence-electron chi connectivity index (χ2n) is 8.35. The van der Waals surface area contributed by atoms with Gasteiger partial charge in [0.1, 0.15) is 5.70 Å². The highest BCUT2D eigenvalue weighted by Crippen LogP contribution is 2.32. The molecule has 1 N–H and O–H groups in total. The van der Waals surface area contributed by atoms with Crippen LogP contribution in [0, 0.1) is 5.92 Å². The number of imide groups is 1. The van der Waals surface area contributed by atoms with Gasteiger partial charge in [0.25, 0.3) is 11.8 Å². The Bertz CT molecular complexity index is 1010. The summed E-state index contributed by atoms with van der Waals surface area (Å²) in [5, 5.41) is 3.77. The summed E-state index contributed by atoms with van der Waals surface area (Å²) in [5.41, 5.74) is 3.19. The number of piperidine rings is 1. The second-order valence-corrected chi connectivity index (χ2v) is 8.79. The van der Waals surface area contributed by atoms with Crippen molar-refractivity contribution in [3.05, 3.63) is 64.8 Å². The van der Waals surface area contributed by atoms with E-state index in [2.05, 4.69) is 29.3 Å². The maximum Gasteiger partial charge on any atom is 0.278 e. The summed E-state index contributed by atoms with van der Waals surface area (Å²) in [6.07, 6.45) is 2.40. The van der Waals surface area contributed by atoms with Crippen molar-refractivity contribution in [1.82, 2.24) is 4.90 Å². The molecule has 2 aromatic carbocycles. The van der Waals surface area contributed by atoms with E-state index in [9.17, 15) is 9.59 Å². The first-order valence-electron chi connectivity index (χ1n) is 11.0. The average molecular weight is 454 g/mol. The molecule has 2 aromatic rings. The van der Waals surface area contributed by atoms with Gasteiger partial charge in [0.05, 0.1) is 18.7 Å². The van der Waals surface area contributed by atoms with Crippen molar-refractivity contribution >= 4 is 40.4 Å². The van der Waals surface area contributed by atoms with Crippen molar-refractivity contribution in [2.24, 2.45) is 5.92 Å². The van der Waals surface area contributed by atoms with Gasteiger partial charge in [-0.25, -0.2) is 0 Å². The standard InChI is InChI=1S/C25H28ClN3O3/c1-17-11-13-28(14-12-17)21-9-7-20(8-10-21)27-23-22(18-3-5-19(26)6-4-18)24(30)29(25(23)31)15-16-32-2/h3-10,17,27H,11-16H2,1-2H3. The van der Waals surface area contributed by atoms with E-state index in [1.54, 1.807) is 31.4 Å². The Kier molecular flexibility index (Phi) is 6.82. The third kappa shape index (κ3) is 4.66. The highest BCUT2D eigenvalue weighted by molar-refractivity contribution is 6.36. The molecule has 1 fully saturated rings. The second kappa shape index (κ2) is 9.76. The Balaban J connectivity index is 1.60. The summed E-state index contributed by atoms with van der Waals surface area (Å²) in [5.74, 6) is 0.0828. The molecular weight excluding hydrogens is 426 g/mol. The van der Waals surface area contributed by atoms with Gasteiger partial charge in [-0.1, -0.05) is 30.7 Å². The average Bonchev–Trinajstić information content (AvgIpc) is 3.03. The Morgan fingerprint density at radius 3 is 2.28 bits per heavy atom. The van der Waals surface area contributed by atoms with Crippen molar-refractivity contribution < 1.29 is 14.3 Å². The molecule has 2 heterocycles. The van der Waals surface area contributed by atoms with Crippen LogP contribution < -0.4 is 10.2 Å². The van der Waals surface area contributed by atoms with E-state index in [1.165, 1.54) is 23.4 Å². The van der Waals surface area contributed by atoms with Crippen LogP contribution in [-0.4, -0.2) is 50.1 Å². The first-order chi connectivity index (χ1) is 15.5. The van der Waals surface area contributed by atoms with Crippen LogP contribution in [0.5, 0.6) is 0 Å². The molecule has 4 rings (SSSR count). The lowest BCUT2D eigenvalue weighted by Crippen LogP contribution is -2.35. The minimum Gasteiger partial charge on any atom is -0.383 e. The summed E-state index contributed by atoms with van der Waals surface area (Å²) < 4.78 is 5.08. The third-order valence-electron chi connectivity index (χ3n) is 6.11. The predicted molar refractivity (Wildman–Crippen MR) is 128 cm³/mol. The van der Waals surface area contributed by atoms with E-state index in [1.807, 2.05) is 12.1 Å². The number of rotatable bonds is 7. The fraction of sp³-hybridized carbons (Fsp3) is 0.360. The molecule has 0 atom stereocenters. The number of ether oxygens (including phenoxy) is 1. The third-order valence-corrected chi connectivity index (χ3v) is 6.36. The Labute approximate surface area is 193 Å². The summed E-state index contributed by atoms with van der Waals surface area (Å²) in [7, 11) is 1.54. The van der Waals surface area contributed by atoms with Crippen molar-refractivity contribution in [3.8, 4) is 0 Å². The normalized spacial score (nSPS) is 17.5. The number of nitrogens with one attached hydrogen (secondary N) is 1. The van der Waals surface area contributed by atoms with Crippen molar-refractivity contribution in [1.29, 1.82) is 0 Å². The molecule has 2 amide bonds. The lowest BCUT2D eigenvalue weighted by Gasteiger charge is -2.32. The maximum atomic E-state index is 13.1. The Morgan fingerprint density at radius 2 is 1.66 bits per heavy atom. The van der Waals surface area contributed by atoms with Crippen LogP contribution >= 0.6 is 11.6 Å². The lowest BCUT2D eigenvalue weighted by atomic mass is 9.99. The van der Waals surface area contributed by atoms with Gasteiger partial charge in [0, 0.05) is 36.6 Å². The van der Waals surface area contributed by atoms with Crippen LogP contribution in [-0.2, 0) is 14.3 Å². The quantitative estimate of drug-likeness (QED) is 0.629. The number of hydrogen-bond donors (Lipinski definition) is 1. The molecule has 2 aliphatic rings. The molecule has 1 saturated heterocycles. The zero-order chi connectivity index (χ0) is 22.7. The number of carbonyl (C=O) groups excluding carboxylic acids is 2. The zero-order valence-corrected chi connectivity index (χ0v) is 19.2. The zero-order valence-electron chi connectivity index (χ0n) is 18.4. The van der Waals surface area contributed by atoms with Gasteiger partial charge in [0.15, 0.2) is 0 Å². The number of halogens is 1. The molecule has 0 aromatic heterocycles. The van der Waals surface area contributed by atoms with Crippen LogP contribution in [0.4, 0.5) is 11.4 Å². The largest absolute Gasteiger partial charge is 0.383 e. The van der Waals surface area contributed by atoms with Crippen LogP contribution in [0.1, 0.15) is 25.3 Å². The maximum absolute atomic E-state index is 13.1. The lowest BCUT2D eigenvalue weighted by molar-refractivity contribution is -0.137. The molecule has 7 heteroatoms. The summed E-state index contributed by atoms with van der Waals surface area (Å²) in [6.45, 7) is 4.89. The van der Waals surface area contributed by atoms with E-state index in [-0.39, 0.29) is 30.7 Å². The van der Waals surface area contributed by atoms with Crippen molar-refractivity contribution in [2.45, 2.75) is 19.8 Å². The van der Waals surface area contributed by atoms with Gasteiger partial charge in [-0.05, 0) is 60.7 Å². The molecule has 0 aliphatic carbocycles. The number of amides is 2. The number of methoxy groups -OCH3 is 1.